The van der Waals surface area contributed by atoms with Gasteiger partial charge in [0.1, 0.15) is 11.9 Å². The molecule has 2 aromatic rings. The lowest BCUT2D eigenvalue weighted by Crippen LogP contribution is -2.63. The fourth-order valence-corrected chi connectivity index (χ4v) is 4.74. The molecule has 0 radical (unpaired) electrons. The third-order valence-electron chi connectivity index (χ3n) is 6.14. The van der Waals surface area contributed by atoms with Crippen LogP contribution in [0.3, 0.4) is 0 Å². The number of carboxylic acid groups (broad SMARTS) is 1. The monoisotopic (exact) mass is 455 g/mol. The van der Waals surface area contributed by atoms with Gasteiger partial charge in [0.05, 0.1) is 12.2 Å². The Balaban J connectivity index is 1.62. The third kappa shape index (κ3) is 4.54. The predicted octanol–water partition coefficient (Wildman–Crippen LogP) is 3.95. The summed E-state index contributed by atoms with van der Waals surface area (Å²) in [5.74, 6) is -1.81. The van der Waals surface area contributed by atoms with Crippen molar-refractivity contribution in [3.05, 3.63) is 53.6 Å². The number of carbonyl (C=O) groups excluding carboxylic acids is 1. The first kappa shape index (κ1) is 23.1. The van der Waals surface area contributed by atoms with Gasteiger partial charge in [0.2, 0.25) is 5.79 Å². The van der Waals surface area contributed by atoms with Gasteiger partial charge in [0.15, 0.2) is 6.10 Å². The molecule has 0 aromatic heterocycles. The van der Waals surface area contributed by atoms with Crippen LogP contribution < -0.4 is 10.1 Å². The summed E-state index contributed by atoms with van der Waals surface area (Å²) in [6.07, 6.45) is -1.67. The summed E-state index contributed by atoms with van der Waals surface area (Å²) < 4.78 is 17.9. The normalized spacial score (nSPS) is 25.6. The van der Waals surface area contributed by atoms with Crippen LogP contribution >= 0.6 is 0 Å². The first-order chi connectivity index (χ1) is 15.6. The lowest BCUT2D eigenvalue weighted by molar-refractivity contribution is -0.304. The molecule has 33 heavy (non-hydrogen) atoms. The predicted molar refractivity (Wildman–Crippen MR) is 120 cm³/mol. The van der Waals surface area contributed by atoms with E-state index in [-0.39, 0.29) is 17.6 Å². The fourth-order valence-electron chi connectivity index (χ4n) is 4.74. The van der Waals surface area contributed by atoms with Crippen molar-refractivity contribution in [2.24, 2.45) is 5.41 Å². The van der Waals surface area contributed by atoms with E-state index in [1.165, 1.54) is 0 Å². The molecule has 3 atom stereocenters. The Hall–Kier alpha value is -3.10. The maximum absolute atomic E-state index is 12.0. The molecule has 8 nitrogen and oxygen atoms in total. The minimum absolute atomic E-state index is 0.166. The SMILES string of the molecule is CCNC(=O)O[C@@H]1CC(C)(C)C[C@]2(OCc3cc(-c4ccccc4C(=O)O)ccc3O2)[C@@H]1O. The van der Waals surface area contributed by atoms with Crippen molar-refractivity contribution in [1.82, 2.24) is 5.32 Å². The van der Waals surface area contributed by atoms with Crippen LogP contribution in [0.2, 0.25) is 0 Å². The first-order valence-electron chi connectivity index (χ1n) is 11.1. The Morgan fingerprint density at radius 2 is 1.97 bits per heavy atom. The van der Waals surface area contributed by atoms with Crippen molar-refractivity contribution in [3.8, 4) is 16.9 Å². The van der Waals surface area contributed by atoms with Crippen LogP contribution in [0, 0.1) is 5.41 Å². The molecule has 0 unspecified atom stereocenters. The van der Waals surface area contributed by atoms with Gasteiger partial charge >= 0.3 is 12.1 Å². The Kier molecular flexibility index (Phi) is 6.07. The van der Waals surface area contributed by atoms with Crippen molar-refractivity contribution >= 4 is 12.1 Å². The summed E-state index contributed by atoms with van der Waals surface area (Å²) in [6.45, 7) is 6.41. The van der Waals surface area contributed by atoms with Crippen molar-refractivity contribution in [1.29, 1.82) is 0 Å². The lowest BCUT2D eigenvalue weighted by atomic mass is 9.71. The van der Waals surface area contributed by atoms with E-state index in [0.29, 0.717) is 30.7 Å². The number of aliphatic hydroxyl groups is 1. The van der Waals surface area contributed by atoms with E-state index in [2.05, 4.69) is 5.32 Å². The van der Waals surface area contributed by atoms with Gasteiger partial charge in [-0.25, -0.2) is 9.59 Å². The van der Waals surface area contributed by atoms with Gasteiger partial charge in [-0.1, -0.05) is 38.1 Å². The molecule has 1 amide bonds. The quantitative estimate of drug-likeness (QED) is 0.639. The van der Waals surface area contributed by atoms with E-state index < -0.39 is 30.1 Å². The van der Waals surface area contributed by atoms with Crippen LogP contribution in [0.4, 0.5) is 4.79 Å². The summed E-state index contributed by atoms with van der Waals surface area (Å²) in [5, 5.41) is 23.2. The largest absolute Gasteiger partial charge is 0.478 e. The van der Waals surface area contributed by atoms with Crippen LogP contribution in [-0.2, 0) is 16.1 Å². The molecule has 1 spiro atoms. The van der Waals surface area contributed by atoms with Crippen LogP contribution in [0.15, 0.2) is 42.5 Å². The molecule has 2 aromatic carbocycles. The van der Waals surface area contributed by atoms with Crippen LogP contribution in [0.5, 0.6) is 5.75 Å². The summed E-state index contributed by atoms with van der Waals surface area (Å²) in [6, 6.07) is 12.2. The summed E-state index contributed by atoms with van der Waals surface area (Å²) in [5.41, 5.74) is 1.98. The molecule has 1 heterocycles. The highest BCUT2D eigenvalue weighted by molar-refractivity contribution is 5.96. The molecular formula is C25H29NO7. The van der Waals surface area contributed by atoms with Gasteiger partial charge in [-0.15, -0.1) is 0 Å². The average Bonchev–Trinajstić information content (AvgIpc) is 2.76. The van der Waals surface area contributed by atoms with Gasteiger partial charge < -0.3 is 29.7 Å². The maximum atomic E-state index is 12.0. The molecule has 1 aliphatic carbocycles. The molecule has 1 fully saturated rings. The van der Waals surface area contributed by atoms with Crippen molar-refractivity contribution in [3.63, 3.8) is 0 Å². The molecule has 176 valence electrons. The average molecular weight is 456 g/mol. The molecule has 8 heteroatoms. The van der Waals surface area contributed by atoms with E-state index >= 15 is 0 Å². The molecule has 2 aliphatic rings. The number of hydrogen-bond acceptors (Lipinski definition) is 6. The second-order valence-electron chi connectivity index (χ2n) is 9.34. The van der Waals surface area contributed by atoms with Gasteiger partial charge in [-0.05, 0) is 48.1 Å². The Morgan fingerprint density at radius 1 is 1.21 bits per heavy atom. The van der Waals surface area contributed by atoms with Crippen LogP contribution in [0.25, 0.3) is 11.1 Å². The molecule has 1 aliphatic heterocycles. The highest BCUT2D eigenvalue weighted by Gasteiger charge is 2.57. The van der Waals surface area contributed by atoms with Gasteiger partial charge in [-0.2, -0.15) is 0 Å². The van der Waals surface area contributed by atoms with E-state index in [1.807, 2.05) is 19.9 Å². The third-order valence-corrected chi connectivity index (χ3v) is 6.14. The van der Waals surface area contributed by atoms with Gasteiger partial charge in [-0.3, -0.25) is 0 Å². The number of alkyl carbamates (subject to hydrolysis) is 1. The van der Waals surface area contributed by atoms with E-state index in [0.717, 1.165) is 11.1 Å². The highest BCUT2D eigenvalue weighted by Crippen LogP contribution is 2.48. The number of ether oxygens (including phenoxy) is 3. The van der Waals surface area contributed by atoms with Crippen molar-refractivity contribution < 1.29 is 34.0 Å². The lowest BCUT2D eigenvalue weighted by Gasteiger charge is -2.51. The van der Waals surface area contributed by atoms with Crippen LogP contribution in [0.1, 0.15) is 49.5 Å². The number of fused-ring (bicyclic) bond motifs is 1. The number of amides is 1. The molecule has 0 saturated heterocycles. The smallest absolute Gasteiger partial charge is 0.407 e. The van der Waals surface area contributed by atoms with Gasteiger partial charge in [0, 0.05) is 18.5 Å². The van der Waals surface area contributed by atoms with Crippen LogP contribution in [-0.4, -0.2) is 46.8 Å². The minimum atomic E-state index is -1.35. The summed E-state index contributed by atoms with van der Waals surface area (Å²) >= 11 is 0. The molecule has 4 rings (SSSR count). The zero-order chi connectivity index (χ0) is 23.8. The fraction of sp³-hybridized carbons (Fsp3) is 0.440. The second kappa shape index (κ2) is 8.68. The highest BCUT2D eigenvalue weighted by atomic mass is 16.7. The molecule has 3 N–H and O–H groups in total. The number of aromatic carboxylic acids is 1. The standard InChI is InChI=1S/C25H29NO7/c1-4-26-23(30)32-20-12-24(2,3)14-25(21(20)27)31-13-16-11-15(9-10-19(16)33-25)17-7-5-6-8-18(17)22(28)29/h5-11,20-21,27H,4,12-14H2,1-3H3,(H,26,30)(H,28,29)/t20-,21-,25-/m1/s1. The number of carbonyl (C=O) groups is 2. The number of carboxylic acids is 1. The number of nitrogens with one attached hydrogen (secondary N) is 1. The number of aliphatic hydroxyl groups excluding tert-OH is 1. The number of rotatable bonds is 4. The topological polar surface area (TPSA) is 114 Å². The van der Waals surface area contributed by atoms with E-state index in [1.54, 1.807) is 43.3 Å². The van der Waals surface area contributed by atoms with E-state index in [4.69, 9.17) is 14.2 Å². The van der Waals surface area contributed by atoms with Gasteiger partial charge in [0.25, 0.3) is 0 Å². The zero-order valence-corrected chi connectivity index (χ0v) is 19.0. The van der Waals surface area contributed by atoms with Crippen molar-refractivity contribution in [2.75, 3.05) is 6.54 Å². The second-order valence-corrected chi connectivity index (χ2v) is 9.34. The summed E-state index contributed by atoms with van der Waals surface area (Å²) in [7, 11) is 0. The number of hydrogen-bond donors (Lipinski definition) is 3. The Morgan fingerprint density at radius 3 is 2.70 bits per heavy atom. The first-order valence-corrected chi connectivity index (χ1v) is 11.1. The number of benzene rings is 2. The summed E-state index contributed by atoms with van der Waals surface area (Å²) in [4.78, 5) is 23.6. The van der Waals surface area contributed by atoms with E-state index in [9.17, 15) is 19.8 Å². The Bertz CT molecular complexity index is 1070. The zero-order valence-electron chi connectivity index (χ0n) is 19.0. The van der Waals surface area contributed by atoms with Crippen molar-refractivity contribution in [2.45, 2.75) is 58.2 Å². The molecular weight excluding hydrogens is 426 g/mol. The Labute approximate surface area is 192 Å². The molecule has 1 saturated carbocycles. The minimum Gasteiger partial charge on any atom is -0.478 e. The maximum Gasteiger partial charge on any atom is 0.407 e. The molecule has 0 bridgehead atoms.